The van der Waals surface area contributed by atoms with Gasteiger partial charge < -0.3 is 18.9 Å². The fourth-order valence-corrected chi connectivity index (χ4v) is 5.08. The molecule has 3 aromatic heterocycles. The third-order valence-corrected chi connectivity index (χ3v) is 6.95. The molecule has 5 rings (SSSR count). The molecule has 1 amide bonds. The molecule has 0 bridgehead atoms. The molecule has 0 unspecified atom stereocenters. The largest absolute Gasteiger partial charge is 0.484 e. The topological polar surface area (TPSA) is 118 Å². The summed E-state index contributed by atoms with van der Waals surface area (Å²) in [5.41, 5.74) is 4.85. The Labute approximate surface area is 233 Å². The van der Waals surface area contributed by atoms with Gasteiger partial charge in [0.15, 0.2) is 11.6 Å². The lowest BCUT2D eigenvalue weighted by Crippen LogP contribution is -2.24. The van der Waals surface area contributed by atoms with E-state index in [1.54, 1.807) is 25.3 Å². The Hall–Kier alpha value is -4.58. The summed E-state index contributed by atoms with van der Waals surface area (Å²) < 4.78 is 37.0. The molecule has 0 aliphatic heterocycles. The van der Waals surface area contributed by atoms with Crippen LogP contribution in [0.25, 0.3) is 31.8 Å². The number of pyridine rings is 1. The van der Waals surface area contributed by atoms with Crippen molar-refractivity contribution in [2.24, 2.45) is 0 Å². The van der Waals surface area contributed by atoms with Gasteiger partial charge in [0, 0.05) is 23.3 Å². The molecule has 0 fully saturated rings. The van der Waals surface area contributed by atoms with Crippen LogP contribution in [0.3, 0.4) is 0 Å². The summed E-state index contributed by atoms with van der Waals surface area (Å²) in [6.07, 6.45) is 1.71. The number of fused-ring (bicyclic) bond motifs is 2. The number of aryl methyl sites for hydroxylation is 2. The fourth-order valence-electron chi connectivity index (χ4n) is 4.09. The fraction of sp³-hybridized carbons (Fsp3) is 0.250. The number of benzene rings is 2. The summed E-state index contributed by atoms with van der Waals surface area (Å²) >= 11 is 1.39. The summed E-state index contributed by atoms with van der Waals surface area (Å²) in [4.78, 5) is 30.0. The molecule has 5 aromatic rings. The van der Waals surface area contributed by atoms with E-state index in [2.05, 4.69) is 25.3 Å². The molecule has 0 saturated heterocycles. The van der Waals surface area contributed by atoms with Crippen LogP contribution in [0.1, 0.15) is 18.1 Å². The van der Waals surface area contributed by atoms with Crippen LogP contribution in [0.5, 0.6) is 17.5 Å². The van der Waals surface area contributed by atoms with E-state index >= 15 is 0 Å². The molecule has 12 heteroatoms. The van der Waals surface area contributed by atoms with Gasteiger partial charge in [-0.3, -0.25) is 5.32 Å². The molecule has 3 heterocycles. The zero-order valence-electron chi connectivity index (χ0n) is 22.4. The number of hydrogen-bond acceptors (Lipinski definition) is 10. The van der Waals surface area contributed by atoms with Gasteiger partial charge in [-0.25, -0.2) is 29.1 Å². The second kappa shape index (κ2) is 11.3. The molecule has 0 aliphatic rings. The smallest absolute Gasteiger partial charge is 0.411 e. The minimum atomic E-state index is -0.684. The first kappa shape index (κ1) is 27.0. The number of carbonyl (C=O) groups is 1. The number of thiazole rings is 1. The van der Waals surface area contributed by atoms with E-state index in [0.717, 1.165) is 21.4 Å². The lowest BCUT2D eigenvalue weighted by Gasteiger charge is -2.16. The Bertz CT molecular complexity index is 1730. The number of halogens is 1. The molecule has 1 atom stereocenters. The number of rotatable bonds is 8. The van der Waals surface area contributed by atoms with E-state index in [0.29, 0.717) is 39.0 Å². The second-order valence-corrected chi connectivity index (χ2v) is 10.1. The van der Waals surface area contributed by atoms with Gasteiger partial charge in [0.25, 0.3) is 0 Å². The average molecular weight is 564 g/mol. The third kappa shape index (κ3) is 5.71. The van der Waals surface area contributed by atoms with Gasteiger partial charge in [0.2, 0.25) is 11.8 Å². The molecular formula is C28H26FN5O5S. The molecule has 0 spiro atoms. The van der Waals surface area contributed by atoms with E-state index in [9.17, 15) is 9.18 Å². The van der Waals surface area contributed by atoms with Crippen molar-refractivity contribution < 1.29 is 28.1 Å². The van der Waals surface area contributed by atoms with Crippen LogP contribution in [0.4, 0.5) is 14.9 Å². The minimum absolute atomic E-state index is 0.0350. The van der Waals surface area contributed by atoms with Crippen LogP contribution in [-0.4, -0.2) is 53.0 Å². The maximum absolute atomic E-state index is 14.9. The van der Waals surface area contributed by atoms with E-state index in [1.807, 2.05) is 26.0 Å². The molecule has 206 valence electrons. The van der Waals surface area contributed by atoms with Crippen molar-refractivity contribution in [1.29, 1.82) is 0 Å². The van der Waals surface area contributed by atoms with Crippen LogP contribution < -0.4 is 19.5 Å². The highest BCUT2D eigenvalue weighted by atomic mass is 32.1. The highest BCUT2D eigenvalue weighted by Crippen LogP contribution is 2.37. The zero-order chi connectivity index (χ0) is 28.4. The van der Waals surface area contributed by atoms with Crippen molar-refractivity contribution in [1.82, 2.24) is 19.9 Å². The number of nitrogens with zero attached hydrogens (tertiary/aromatic N) is 4. The predicted molar refractivity (Wildman–Crippen MR) is 150 cm³/mol. The monoisotopic (exact) mass is 563 g/mol. The summed E-state index contributed by atoms with van der Waals surface area (Å²) in [5.74, 6) is 0.349. The Kier molecular flexibility index (Phi) is 7.60. The first-order valence-electron chi connectivity index (χ1n) is 12.3. The number of aromatic nitrogens is 4. The van der Waals surface area contributed by atoms with E-state index in [-0.39, 0.29) is 12.4 Å². The Morgan fingerprint density at radius 2 is 1.85 bits per heavy atom. The van der Waals surface area contributed by atoms with Crippen molar-refractivity contribution in [3.63, 3.8) is 0 Å². The molecule has 10 nitrogen and oxygen atoms in total. The number of methoxy groups -OCH3 is 2. The van der Waals surface area contributed by atoms with Gasteiger partial charge in [0.05, 0.1) is 53.6 Å². The standard InChI is InChI=1S/C28H26FN5O5S/c1-14-6-18(25-21(7-14)33-24(36-4)12-30-25)27-34-20-9-19(29)22(10-23(20)40-27)39-16(3)13-38-28(35)32-17-8-15(2)26(37-5)31-11-17/h6-12,16H,13H2,1-5H3,(H,32,35)/t16-/m0/s1. The van der Waals surface area contributed by atoms with Crippen LogP contribution in [-0.2, 0) is 4.74 Å². The van der Waals surface area contributed by atoms with Crippen molar-refractivity contribution in [2.75, 3.05) is 26.1 Å². The maximum atomic E-state index is 14.9. The average Bonchev–Trinajstić information content (AvgIpc) is 3.33. The summed E-state index contributed by atoms with van der Waals surface area (Å²) in [7, 11) is 3.06. The second-order valence-electron chi connectivity index (χ2n) is 9.06. The van der Waals surface area contributed by atoms with Crippen LogP contribution >= 0.6 is 11.3 Å². The van der Waals surface area contributed by atoms with Gasteiger partial charge in [-0.1, -0.05) is 0 Å². The van der Waals surface area contributed by atoms with Crippen molar-refractivity contribution in [2.45, 2.75) is 26.9 Å². The Morgan fingerprint density at radius 3 is 2.60 bits per heavy atom. The molecular weight excluding hydrogens is 537 g/mol. The number of nitrogens with one attached hydrogen (secondary N) is 1. The van der Waals surface area contributed by atoms with Gasteiger partial charge in [-0.05, 0) is 44.5 Å². The van der Waals surface area contributed by atoms with Crippen LogP contribution in [0.15, 0.2) is 42.7 Å². The first-order valence-corrected chi connectivity index (χ1v) is 13.1. The molecule has 0 aliphatic carbocycles. The van der Waals surface area contributed by atoms with Crippen LogP contribution in [0.2, 0.25) is 0 Å². The van der Waals surface area contributed by atoms with E-state index in [1.165, 1.54) is 37.8 Å². The highest BCUT2D eigenvalue weighted by Gasteiger charge is 2.18. The summed E-state index contributed by atoms with van der Waals surface area (Å²) in [6, 6.07) is 8.54. The quantitative estimate of drug-likeness (QED) is 0.239. The van der Waals surface area contributed by atoms with E-state index < -0.39 is 18.0 Å². The molecule has 0 saturated carbocycles. The number of ether oxygens (including phenoxy) is 4. The minimum Gasteiger partial charge on any atom is -0.484 e. The molecule has 40 heavy (non-hydrogen) atoms. The highest BCUT2D eigenvalue weighted by molar-refractivity contribution is 7.21. The first-order chi connectivity index (χ1) is 19.2. The molecule has 0 radical (unpaired) electrons. The number of hydrogen-bond donors (Lipinski definition) is 1. The Balaban J connectivity index is 1.29. The van der Waals surface area contributed by atoms with Crippen LogP contribution in [0, 0.1) is 19.7 Å². The molecule has 2 aromatic carbocycles. The lowest BCUT2D eigenvalue weighted by molar-refractivity contribution is 0.0969. The normalized spacial score (nSPS) is 11.8. The third-order valence-electron chi connectivity index (χ3n) is 5.90. The van der Waals surface area contributed by atoms with Gasteiger partial charge in [-0.15, -0.1) is 11.3 Å². The maximum Gasteiger partial charge on any atom is 0.411 e. The number of amides is 1. The predicted octanol–water partition coefficient (Wildman–Crippen LogP) is 6.09. The van der Waals surface area contributed by atoms with Crippen molar-refractivity contribution >= 4 is 44.4 Å². The van der Waals surface area contributed by atoms with Crippen molar-refractivity contribution in [3.8, 4) is 28.1 Å². The lowest BCUT2D eigenvalue weighted by atomic mass is 10.1. The number of anilines is 1. The van der Waals surface area contributed by atoms with Crippen molar-refractivity contribution in [3.05, 3.63) is 59.7 Å². The van der Waals surface area contributed by atoms with Gasteiger partial charge in [-0.2, -0.15) is 0 Å². The van der Waals surface area contributed by atoms with E-state index in [4.69, 9.17) is 18.9 Å². The summed E-state index contributed by atoms with van der Waals surface area (Å²) in [5, 5.41) is 3.27. The zero-order valence-corrected chi connectivity index (χ0v) is 23.3. The van der Waals surface area contributed by atoms with Gasteiger partial charge in [0.1, 0.15) is 17.7 Å². The SMILES string of the molecule is COc1cnc2c(-c3nc4cc(F)c(O[C@@H](C)COC(=O)Nc5cnc(OC)c(C)c5)cc4s3)cc(C)cc2n1. The Morgan fingerprint density at radius 1 is 1.02 bits per heavy atom. The molecule has 1 N–H and O–H groups in total. The van der Waals surface area contributed by atoms with Gasteiger partial charge >= 0.3 is 6.09 Å². The summed E-state index contributed by atoms with van der Waals surface area (Å²) in [6.45, 7) is 5.35. The number of carbonyl (C=O) groups excluding carboxylic acids is 1.